The molecule has 0 aromatic heterocycles. The number of aliphatic carboxylic acids is 1. The van der Waals surface area contributed by atoms with Gasteiger partial charge in [0.25, 0.3) is 0 Å². The molecule has 0 saturated heterocycles. The zero-order valence-electron chi connectivity index (χ0n) is 9.65. The molecule has 0 unspecified atom stereocenters. The molecule has 1 aliphatic heterocycles. The highest BCUT2D eigenvalue weighted by Gasteiger charge is 2.19. The highest BCUT2D eigenvalue weighted by Crippen LogP contribution is 2.29. The first-order valence-electron chi connectivity index (χ1n) is 5.62. The van der Waals surface area contributed by atoms with E-state index in [0.717, 1.165) is 0 Å². The molecule has 1 aliphatic rings. The van der Waals surface area contributed by atoms with E-state index in [9.17, 15) is 14.0 Å². The number of nitrogens with zero attached hydrogens (tertiary/aromatic N) is 1. The van der Waals surface area contributed by atoms with E-state index in [4.69, 9.17) is 5.11 Å². The standard InChI is InChI=1S/C12H13FN2O3/c13-8-1-2-10-9(7-8)14-11(16)3-5-15(10)6-4-12(17)18/h1-2,7H,3-6H2,(H,14,16)(H,17,18). The molecule has 0 radical (unpaired) electrons. The molecule has 0 aliphatic carbocycles. The Balaban J connectivity index is 2.27. The summed E-state index contributed by atoms with van der Waals surface area (Å²) in [5.41, 5.74) is 1.05. The fourth-order valence-electron chi connectivity index (χ4n) is 1.92. The van der Waals surface area contributed by atoms with Gasteiger partial charge in [-0.2, -0.15) is 0 Å². The van der Waals surface area contributed by atoms with Gasteiger partial charge in [-0.1, -0.05) is 0 Å². The number of carboxylic acids is 1. The second kappa shape index (κ2) is 5.03. The van der Waals surface area contributed by atoms with Crippen molar-refractivity contribution in [2.75, 3.05) is 23.3 Å². The van der Waals surface area contributed by atoms with Crippen LogP contribution in [0.1, 0.15) is 12.8 Å². The Hall–Kier alpha value is -2.11. The van der Waals surface area contributed by atoms with Gasteiger partial charge < -0.3 is 15.3 Å². The van der Waals surface area contributed by atoms with Crippen LogP contribution >= 0.6 is 0 Å². The van der Waals surface area contributed by atoms with Crippen molar-refractivity contribution in [3.8, 4) is 0 Å². The Kier molecular flexibility index (Phi) is 3.45. The van der Waals surface area contributed by atoms with Crippen molar-refractivity contribution in [3.05, 3.63) is 24.0 Å². The maximum atomic E-state index is 13.1. The molecule has 1 aromatic carbocycles. The van der Waals surface area contributed by atoms with Crippen LogP contribution in [-0.2, 0) is 9.59 Å². The van der Waals surface area contributed by atoms with Crippen LogP contribution in [0.3, 0.4) is 0 Å². The van der Waals surface area contributed by atoms with Crippen LogP contribution in [0.4, 0.5) is 15.8 Å². The predicted molar refractivity (Wildman–Crippen MR) is 64.1 cm³/mol. The quantitative estimate of drug-likeness (QED) is 0.854. The van der Waals surface area contributed by atoms with Crippen LogP contribution in [0.5, 0.6) is 0 Å². The fraction of sp³-hybridized carbons (Fsp3) is 0.333. The molecule has 1 aromatic rings. The largest absolute Gasteiger partial charge is 0.481 e. The van der Waals surface area contributed by atoms with Crippen molar-refractivity contribution in [2.45, 2.75) is 12.8 Å². The lowest BCUT2D eigenvalue weighted by Crippen LogP contribution is -2.27. The first-order chi connectivity index (χ1) is 8.56. The average Bonchev–Trinajstić information content (AvgIpc) is 2.44. The Bertz CT molecular complexity index is 490. The van der Waals surface area contributed by atoms with Gasteiger partial charge in [-0.25, -0.2) is 4.39 Å². The second-order valence-corrected chi connectivity index (χ2v) is 4.09. The number of nitrogens with one attached hydrogen (secondary N) is 1. The van der Waals surface area contributed by atoms with Gasteiger partial charge in [0.05, 0.1) is 17.8 Å². The van der Waals surface area contributed by atoms with Gasteiger partial charge in [-0.3, -0.25) is 9.59 Å². The van der Waals surface area contributed by atoms with E-state index in [2.05, 4.69) is 5.32 Å². The summed E-state index contributed by atoms with van der Waals surface area (Å²) in [5.74, 6) is -1.53. The minimum absolute atomic E-state index is 0.0228. The summed E-state index contributed by atoms with van der Waals surface area (Å²) in [6.45, 7) is 0.723. The highest BCUT2D eigenvalue weighted by atomic mass is 19.1. The summed E-state index contributed by atoms with van der Waals surface area (Å²) in [6.07, 6.45) is 0.237. The number of halogens is 1. The van der Waals surface area contributed by atoms with E-state index in [1.165, 1.54) is 12.1 Å². The molecule has 1 amide bonds. The topological polar surface area (TPSA) is 69.6 Å². The molecule has 6 heteroatoms. The molecule has 5 nitrogen and oxygen atoms in total. The molecule has 2 rings (SSSR count). The smallest absolute Gasteiger partial charge is 0.305 e. The summed E-state index contributed by atoms with van der Waals surface area (Å²) < 4.78 is 13.1. The zero-order chi connectivity index (χ0) is 13.1. The first-order valence-corrected chi connectivity index (χ1v) is 5.62. The van der Waals surface area contributed by atoms with Gasteiger partial charge >= 0.3 is 5.97 Å². The number of carbonyl (C=O) groups is 2. The maximum absolute atomic E-state index is 13.1. The van der Waals surface area contributed by atoms with Gasteiger partial charge in [0.15, 0.2) is 0 Å². The predicted octanol–water partition coefficient (Wildman–Crippen LogP) is 1.45. The van der Waals surface area contributed by atoms with Crippen LogP contribution in [0.25, 0.3) is 0 Å². The average molecular weight is 252 g/mol. The van der Waals surface area contributed by atoms with Gasteiger partial charge in [0.2, 0.25) is 5.91 Å². The maximum Gasteiger partial charge on any atom is 0.305 e. The lowest BCUT2D eigenvalue weighted by molar-refractivity contribution is -0.136. The third-order valence-electron chi connectivity index (χ3n) is 2.78. The molecule has 2 N–H and O–H groups in total. The van der Waals surface area contributed by atoms with E-state index in [-0.39, 0.29) is 18.7 Å². The minimum atomic E-state index is -0.901. The Morgan fingerprint density at radius 1 is 1.50 bits per heavy atom. The summed E-state index contributed by atoms with van der Waals surface area (Å²) >= 11 is 0. The molecule has 18 heavy (non-hydrogen) atoms. The Morgan fingerprint density at radius 3 is 3.00 bits per heavy atom. The van der Waals surface area contributed by atoms with Crippen molar-refractivity contribution < 1.29 is 19.1 Å². The number of fused-ring (bicyclic) bond motifs is 1. The van der Waals surface area contributed by atoms with E-state index in [0.29, 0.717) is 24.5 Å². The molecule has 0 saturated carbocycles. The number of anilines is 2. The first kappa shape index (κ1) is 12.3. The molecule has 0 atom stereocenters. The van der Waals surface area contributed by atoms with E-state index in [1.54, 1.807) is 11.0 Å². The van der Waals surface area contributed by atoms with Gasteiger partial charge in [-0.15, -0.1) is 0 Å². The summed E-state index contributed by atoms with van der Waals surface area (Å²) in [6, 6.07) is 4.09. The molecular formula is C12H13FN2O3. The molecule has 1 heterocycles. The van der Waals surface area contributed by atoms with Crippen LogP contribution < -0.4 is 10.2 Å². The third-order valence-corrected chi connectivity index (χ3v) is 2.78. The number of amides is 1. The summed E-state index contributed by atoms with van der Waals surface area (Å²) in [7, 11) is 0. The number of benzene rings is 1. The Morgan fingerprint density at radius 2 is 2.28 bits per heavy atom. The van der Waals surface area contributed by atoms with Gasteiger partial charge in [-0.05, 0) is 18.2 Å². The van der Waals surface area contributed by atoms with Crippen LogP contribution in [-0.4, -0.2) is 30.1 Å². The third kappa shape index (κ3) is 2.77. The van der Waals surface area contributed by atoms with Crippen molar-refractivity contribution in [1.29, 1.82) is 0 Å². The lowest BCUT2D eigenvalue weighted by atomic mass is 10.2. The number of hydrogen-bond acceptors (Lipinski definition) is 3. The van der Waals surface area contributed by atoms with Crippen LogP contribution in [0.15, 0.2) is 18.2 Å². The minimum Gasteiger partial charge on any atom is -0.481 e. The number of rotatable bonds is 3. The van der Waals surface area contributed by atoms with Crippen molar-refractivity contribution >= 4 is 23.3 Å². The van der Waals surface area contributed by atoms with Crippen LogP contribution in [0.2, 0.25) is 0 Å². The fourth-order valence-corrected chi connectivity index (χ4v) is 1.92. The normalized spacial score (nSPS) is 14.7. The lowest BCUT2D eigenvalue weighted by Gasteiger charge is -2.23. The molecule has 0 spiro atoms. The van der Waals surface area contributed by atoms with E-state index in [1.807, 2.05) is 0 Å². The SMILES string of the molecule is O=C(O)CCN1CCC(=O)Nc2cc(F)ccc21. The number of carbonyl (C=O) groups excluding carboxylic acids is 1. The molecular weight excluding hydrogens is 239 g/mol. The number of hydrogen-bond donors (Lipinski definition) is 2. The Labute approximate surface area is 103 Å². The van der Waals surface area contributed by atoms with Crippen molar-refractivity contribution in [2.24, 2.45) is 0 Å². The monoisotopic (exact) mass is 252 g/mol. The highest BCUT2D eigenvalue weighted by molar-refractivity contribution is 5.96. The van der Waals surface area contributed by atoms with E-state index >= 15 is 0 Å². The van der Waals surface area contributed by atoms with Crippen molar-refractivity contribution in [3.63, 3.8) is 0 Å². The molecule has 96 valence electrons. The van der Waals surface area contributed by atoms with Gasteiger partial charge in [0, 0.05) is 19.5 Å². The second-order valence-electron chi connectivity index (χ2n) is 4.09. The van der Waals surface area contributed by atoms with Crippen molar-refractivity contribution in [1.82, 2.24) is 0 Å². The summed E-state index contributed by atoms with van der Waals surface area (Å²) in [5, 5.41) is 11.3. The van der Waals surface area contributed by atoms with Crippen LogP contribution in [0, 0.1) is 5.82 Å². The number of carboxylic acid groups (broad SMARTS) is 1. The van der Waals surface area contributed by atoms with Gasteiger partial charge in [0.1, 0.15) is 5.82 Å². The summed E-state index contributed by atoms with van der Waals surface area (Å²) in [4.78, 5) is 23.8. The molecule has 0 bridgehead atoms. The molecule has 0 fully saturated rings. The van der Waals surface area contributed by atoms with E-state index < -0.39 is 11.8 Å². The zero-order valence-corrected chi connectivity index (χ0v) is 9.65.